The topological polar surface area (TPSA) is 21.3 Å². The van der Waals surface area contributed by atoms with E-state index in [4.69, 9.17) is 4.74 Å². The van der Waals surface area contributed by atoms with Gasteiger partial charge in [0, 0.05) is 19.7 Å². The van der Waals surface area contributed by atoms with Crippen LogP contribution in [-0.4, -0.2) is 18.8 Å². The minimum Gasteiger partial charge on any atom is -0.379 e. The lowest BCUT2D eigenvalue weighted by atomic mass is 10.00. The molecule has 0 aliphatic carbocycles. The zero-order valence-corrected chi connectivity index (χ0v) is 11.4. The highest BCUT2D eigenvalue weighted by Crippen LogP contribution is 2.16. The van der Waals surface area contributed by atoms with Crippen LogP contribution in [0.2, 0.25) is 0 Å². The van der Waals surface area contributed by atoms with Crippen molar-refractivity contribution in [1.29, 1.82) is 0 Å². The Bertz CT molecular complexity index is 393. The highest BCUT2D eigenvalue weighted by molar-refractivity contribution is 5.17. The van der Waals surface area contributed by atoms with Crippen LogP contribution in [0.1, 0.15) is 32.8 Å². The van der Waals surface area contributed by atoms with Crippen molar-refractivity contribution >= 4 is 0 Å². The van der Waals surface area contributed by atoms with Crippen LogP contribution in [0.4, 0.5) is 8.78 Å². The summed E-state index contributed by atoms with van der Waals surface area (Å²) in [6.45, 7) is 6.59. The summed E-state index contributed by atoms with van der Waals surface area (Å²) in [4.78, 5) is 0. The molecule has 1 N–H and O–H groups in total. The first kappa shape index (κ1) is 15.1. The van der Waals surface area contributed by atoms with E-state index in [1.165, 1.54) is 6.07 Å². The number of hydrogen-bond acceptors (Lipinski definition) is 2. The largest absolute Gasteiger partial charge is 0.379 e. The maximum absolute atomic E-state index is 13.0. The van der Waals surface area contributed by atoms with E-state index in [1.54, 1.807) is 13.2 Å². The van der Waals surface area contributed by atoms with Crippen molar-refractivity contribution in [3.8, 4) is 0 Å². The van der Waals surface area contributed by atoms with E-state index in [0.717, 1.165) is 18.1 Å². The number of benzene rings is 1. The third-order valence-electron chi connectivity index (χ3n) is 2.99. The standard InChI is InChI=1S/C14H21F2NO/c1-10(8-14(2,3)18-4)17-9-11-5-6-12(15)13(16)7-11/h5-7,10,17H,8-9H2,1-4H3. The summed E-state index contributed by atoms with van der Waals surface area (Å²) in [5.74, 6) is -1.62. The van der Waals surface area contributed by atoms with Crippen LogP contribution in [0, 0.1) is 11.6 Å². The zero-order chi connectivity index (χ0) is 13.8. The Morgan fingerprint density at radius 1 is 1.28 bits per heavy atom. The summed E-state index contributed by atoms with van der Waals surface area (Å²) in [6, 6.07) is 4.18. The molecular weight excluding hydrogens is 236 g/mol. The Balaban J connectivity index is 2.47. The Hall–Kier alpha value is -1.00. The molecule has 0 aliphatic heterocycles. The predicted octanol–water partition coefficient (Wildman–Crippen LogP) is 3.26. The Kier molecular flexibility index (Phi) is 5.23. The highest BCUT2D eigenvalue weighted by atomic mass is 19.2. The second-order valence-electron chi connectivity index (χ2n) is 5.20. The predicted molar refractivity (Wildman–Crippen MR) is 68.4 cm³/mol. The third kappa shape index (κ3) is 4.70. The molecule has 0 bridgehead atoms. The van der Waals surface area contributed by atoms with Crippen molar-refractivity contribution in [2.75, 3.05) is 7.11 Å². The second-order valence-corrected chi connectivity index (χ2v) is 5.20. The molecule has 2 nitrogen and oxygen atoms in total. The number of hydrogen-bond donors (Lipinski definition) is 1. The normalized spacial score (nSPS) is 13.7. The minimum absolute atomic E-state index is 0.194. The van der Waals surface area contributed by atoms with Gasteiger partial charge in [-0.3, -0.25) is 0 Å². The monoisotopic (exact) mass is 257 g/mol. The van der Waals surface area contributed by atoms with Crippen LogP contribution in [-0.2, 0) is 11.3 Å². The Morgan fingerprint density at radius 2 is 1.94 bits per heavy atom. The molecule has 1 rings (SSSR count). The zero-order valence-electron chi connectivity index (χ0n) is 11.4. The van der Waals surface area contributed by atoms with E-state index in [-0.39, 0.29) is 11.6 Å². The van der Waals surface area contributed by atoms with Crippen LogP contribution in [0.25, 0.3) is 0 Å². The van der Waals surface area contributed by atoms with Crippen molar-refractivity contribution in [1.82, 2.24) is 5.32 Å². The fraction of sp³-hybridized carbons (Fsp3) is 0.571. The SMILES string of the molecule is COC(C)(C)CC(C)NCc1ccc(F)c(F)c1. The molecule has 1 atom stereocenters. The summed E-state index contributed by atoms with van der Waals surface area (Å²) in [5, 5.41) is 3.27. The van der Waals surface area contributed by atoms with Gasteiger partial charge in [0.2, 0.25) is 0 Å². The van der Waals surface area contributed by atoms with E-state index >= 15 is 0 Å². The van der Waals surface area contributed by atoms with E-state index < -0.39 is 11.6 Å². The molecular formula is C14H21F2NO. The van der Waals surface area contributed by atoms with Crippen molar-refractivity contribution in [2.24, 2.45) is 0 Å². The molecule has 1 aromatic rings. The molecule has 0 heterocycles. The fourth-order valence-corrected chi connectivity index (χ4v) is 1.83. The van der Waals surface area contributed by atoms with Crippen molar-refractivity contribution in [2.45, 2.75) is 45.4 Å². The summed E-state index contributed by atoms with van der Waals surface area (Å²) < 4.78 is 31.1. The number of ether oxygens (including phenoxy) is 1. The van der Waals surface area contributed by atoms with E-state index in [0.29, 0.717) is 6.54 Å². The molecule has 0 fully saturated rings. The summed E-state index contributed by atoms with van der Waals surface area (Å²) in [6.07, 6.45) is 0.840. The van der Waals surface area contributed by atoms with E-state index in [1.807, 2.05) is 20.8 Å². The molecule has 0 saturated heterocycles. The molecule has 4 heteroatoms. The molecule has 0 amide bonds. The molecule has 0 radical (unpaired) electrons. The molecule has 0 spiro atoms. The average molecular weight is 257 g/mol. The van der Waals surface area contributed by atoms with Gasteiger partial charge in [-0.25, -0.2) is 8.78 Å². The lowest BCUT2D eigenvalue weighted by Gasteiger charge is -2.27. The van der Waals surface area contributed by atoms with Gasteiger partial charge >= 0.3 is 0 Å². The lowest BCUT2D eigenvalue weighted by molar-refractivity contribution is 0.00844. The second kappa shape index (κ2) is 6.25. The van der Waals surface area contributed by atoms with Gasteiger partial charge in [-0.2, -0.15) is 0 Å². The van der Waals surface area contributed by atoms with Crippen LogP contribution < -0.4 is 5.32 Å². The minimum atomic E-state index is -0.813. The first-order valence-corrected chi connectivity index (χ1v) is 6.06. The van der Waals surface area contributed by atoms with Crippen LogP contribution in [0.15, 0.2) is 18.2 Å². The maximum Gasteiger partial charge on any atom is 0.159 e. The number of halogens is 2. The van der Waals surface area contributed by atoms with Gasteiger partial charge in [0.25, 0.3) is 0 Å². The van der Waals surface area contributed by atoms with Gasteiger partial charge in [-0.15, -0.1) is 0 Å². The fourth-order valence-electron chi connectivity index (χ4n) is 1.83. The first-order chi connectivity index (χ1) is 8.34. The van der Waals surface area contributed by atoms with Gasteiger partial charge in [0.15, 0.2) is 11.6 Å². The maximum atomic E-state index is 13.0. The Morgan fingerprint density at radius 3 is 2.50 bits per heavy atom. The number of nitrogens with one attached hydrogen (secondary N) is 1. The van der Waals surface area contributed by atoms with E-state index in [9.17, 15) is 8.78 Å². The van der Waals surface area contributed by atoms with Crippen molar-refractivity contribution < 1.29 is 13.5 Å². The smallest absolute Gasteiger partial charge is 0.159 e. The summed E-state index contributed by atoms with van der Waals surface area (Å²) >= 11 is 0. The van der Waals surface area contributed by atoms with E-state index in [2.05, 4.69) is 5.32 Å². The molecule has 1 aromatic carbocycles. The van der Waals surface area contributed by atoms with Gasteiger partial charge in [-0.1, -0.05) is 6.07 Å². The molecule has 1 unspecified atom stereocenters. The Labute approximate surface area is 107 Å². The lowest BCUT2D eigenvalue weighted by Crippen LogP contribution is -2.35. The molecule has 0 saturated carbocycles. The average Bonchev–Trinajstić information content (AvgIpc) is 2.30. The third-order valence-corrected chi connectivity index (χ3v) is 2.99. The first-order valence-electron chi connectivity index (χ1n) is 6.06. The van der Waals surface area contributed by atoms with Gasteiger partial charge in [0.05, 0.1) is 5.60 Å². The van der Waals surface area contributed by atoms with Crippen LogP contribution in [0.3, 0.4) is 0 Å². The summed E-state index contributed by atoms with van der Waals surface area (Å²) in [5.41, 5.74) is 0.538. The molecule has 102 valence electrons. The number of methoxy groups -OCH3 is 1. The molecule has 0 aliphatic rings. The van der Waals surface area contributed by atoms with Crippen LogP contribution >= 0.6 is 0 Å². The quantitative estimate of drug-likeness (QED) is 0.844. The van der Waals surface area contributed by atoms with Crippen LogP contribution in [0.5, 0.6) is 0 Å². The summed E-state index contributed by atoms with van der Waals surface area (Å²) in [7, 11) is 1.68. The molecule has 18 heavy (non-hydrogen) atoms. The van der Waals surface area contributed by atoms with Crippen molar-refractivity contribution in [3.63, 3.8) is 0 Å². The highest BCUT2D eigenvalue weighted by Gasteiger charge is 2.19. The van der Waals surface area contributed by atoms with Gasteiger partial charge < -0.3 is 10.1 Å². The van der Waals surface area contributed by atoms with Gasteiger partial charge in [-0.05, 0) is 44.9 Å². The van der Waals surface area contributed by atoms with Crippen molar-refractivity contribution in [3.05, 3.63) is 35.4 Å². The van der Waals surface area contributed by atoms with Gasteiger partial charge in [0.1, 0.15) is 0 Å². The number of rotatable bonds is 6. The molecule has 0 aromatic heterocycles.